The molecule has 0 radical (unpaired) electrons. The number of esters is 1. The zero-order chi connectivity index (χ0) is 24.9. The van der Waals surface area contributed by atoms with E-state index < -0.39 is 25.2 Å². The molecule has 3 aromatic carbocycles. The van der Waals surface area contributed by atoms with E-state index in [2.05, 4.69) is 90.7 Å². The van der Waals surface area contributed by atoms with Gasteiger partial charge in [0, 0.05) is 5.75 Å². The molecule has 8 heteroatoms. The smallest absolute Gasteiger partial charge is 0.325 e. The second-order valence-electron chi connectivity index (χ2n) is 7.88. The van der Waals surface area contributed by atoms with Gasteiger partial charge in [-0.3, -0.25) is 9.59 Å². The minimum Gasteiger partial charge on any atom is -0.462 e. The molecule has 3 rings (SSSR count). The maximum atomic E-state index is 11.9. The molecular weight excluding hydrogens is 479 g/mol. The quantitative estimate of drug-likeness (QED) is 0.141. The molecule has 3 N–H and O–H groups in total. The van der Waals surface area contributed by atoms with E-state index in [1.807, 2.05) is 18.2 Å². The minimum absolute atomic E-state index is 0.112. The number of rotatable bonds is 13. The SMILES string of the molecule is NC(CS)C(=O)NCC(=O)OCCOCC[P+](c1ccccc1)(c1ccccc1)c1ccccc1. The topological polar surface area (TPSA) is 90.7 Å². The largest absolute Gasteiger partial charge is 0.462 e. The van der Waals surface area contributed by atoms with Crippen molar-refractivity contribution in [2.24, 2.45) is 5.73 Å². The first-order valence-electron chi connectivity index (χ1n) is 11.5. The summed E-state index contributed by atoms with van der Waals surface area (Å²) in [6, 6.07) is 31.0. The standard InChI is InChI=1S/C27H31N2O4PS/c28-25(21-35)27(31)29-20-26(30)33-17-16-32-18-19-34(22-10-4-1-5-11-22,23-12-6-2-7-13-23)24-14-8-3-9-15-24/h1-15,25H,16-21,28H2,(H-,29,31,35)/p+1. The van der Waals surface area contributed by atoms with Crippen LogP contribution in [0.1, 0.15) is 0 Å². The minimum atomic E-state index is -1.95. The van der Waals surface area contributed by atoms with Crippen LogP contribution in [0, 0.1) is 0 Å². The maximum Gasteiger partial charge on any atom is 0.325 e. The summed E-state index contributed by atoms with van der Waals surface area (Å²) >= 11 is 3.96. The Morgan fingerprint density at radius 1 is 0.800 bits per heavy atom. The third-order valence-corrected chi connectivity index (χ3v) is 10.4. The average molecular weight is 512 g/mol. The van der Waals surface area contributed by atoms with Crippen LogP contribution in [0.25, 0.3) is 0 Å². The van der Waals surface area contributed by atoms with E-state index >= 15 is 0 Å². The Labute approximate surface area is 213 Å². The first-order valence-corrected chi connectivity index (χ1v) is 14.1. The molecule has 0 heterocycles. The Morgan fingerprint density at radius 3 is 1.74 bits per heavy atom. The summed E-state index contributed by atoms with van der Waals surface area (Å²) in [5.74, 6) is -0.766. The summed E-state index contributed by atoms with van der Waals surface area (Å²) in [7, 11) is -1.95. The average Bonchev–Trinajstić information content (AvgIpc) is 2.92. The number of nitrogens with one attached hydrogen (secondary N) is 1. The van der Waals surface area contributed by atoms with Crippen molar-refractivity contribution in [3.8, 4) is 0 Å². The molecule has 184 valence electrons. The number of thiol groups is 1. The van der Waals surface area contributed by atoms with Gasteiger partial charge in [-0.2, -0.15) is 12.6 Å². The van der Waals surface area contributed by atoms with Gasteiger partial charge in [0.2, 0.25) is 5.91 Å². The van der Waals surface area contributed by atoms with Crippen molar-refractivity contribution in [1.82, 2.24) is 5.32 Å². The summed E-state index contributed by atoms with van der Waals surface area (Å²) in [4.78, 5) is 23.5. The lowest BCUT2D eigenvalue weighted by atomic mass is 10.3. The van der Waals surface area contributed by atoms with Crippen molar-refractivity contribution in [3.63, 3.8) is 0 Å². The zero-order valence-electron chi connectivity index (χ0n) is 19.6. The van der Waals surface area contributed by atoms with Crippen molar-refractivity contribution in [1.29, 1.82) is 0 Å². The van der Waals surface area contributed by atoms with Crippen LogP contribution in [0.4, 0.5) is 0 Å². The number of nitrogens with two attached hydrogens (primary N) is 1. The molecule has 0 fully saturated rings. The molecule has 1 atom stereocenters. The van der Waals surface area contributed by atoms with Crippen molar-refractivity contribution in [3.05, 3.63) is 91.0 Å². The van der Waals surface area contributed by atoms with Crippen molar-refractivity contribution >= 4 is 47.7 Å². The summed E-state index contributed by atoms with van der Waals surface area (Å²) in [5, 5.41) is 6.32. The summed E-state index contributed by atoms with van der Waals surface area (Å²) < 4.78 is 11.1. The van der Waals surface area contributed by atoms with E-state index in [4.69, 9.17) is 15.2 Å². The summed E-state index contributed by atoms with van der Waals surface area (Å²) in [5.41, 5.74) is 5.56. The van der Waals surface area contributed by atoms with Crippen LogP contribution < -0.4 is 27.0 Å². The maximum absolute atomic E-state index is 11.9. The van der Waals surface area contributed by atoms with E-state index in [9.17, 15) is 9.59 Å². The molecule has 0 saturated carbocycles. The molecule has 1 unspecified atom stereocenters. The normalized spacial score (nSPS) is 12.1. The highest BCUT2D eigenvalue weighted by molar-refractivity contribution is 7.95. The second kappa shape index (κ2) is 14.0. The van der Waals surface area contributed by atoms with Crippen LogP contribution >= 0.6 is 19.9 Å². The molecule has 0 aliphatic rings. The van der Waals surface area contributed by atoms with Crippen LogP contribution in [0.2, 0.25) is 0 Å². The third kappa shape index (κ3) is 7.39. The Hall–Kier alpha value is -2.70. The van der Waals surface area contributed by atoms with Crippen LogP contribution in [0.3, 0.4) is 0 Å². The number of carbonyl (C=O) groups excluding carboxylic acids is 2. The zero-order valence-corrected chi connectivity index (χ0v) is 21.4. The molecule has 0 bridgehead atoms. The highest BCUT2D eigenvalue weighted by atomic mass is 32.1. The molecular formula is C27H32N2O4PS+. The number of ether oxygens (including phenoxy) is 2. The predicted molar refractivity (Wildman–Crippen MR) is 147 cm³/mol. The van der Waals surface area contributed by atoms with Gasteiger partial charge in [0.25, 0.3) is 0 Å². The van der Waals surface area contributed by atoms with Gasteiger partial charge in [0.15, 0.2) is 0 Å². The molecule has 0 aliphatic carbocycles. The van der Waals surface area contributed by atoms with Gasteiger partial charge in [-0.15, -0.1) is 0 Å². The Morgan fingerprint density at radius 2 is 1.29 bits per heavy atom. The number of hydrogen-bond acceptors (Lipinski definition) is 6. The van der Waals surface area contributed by atoms with Gasteiger partial charge >= 0.3 is 5.97 Å². The van der Waals surface area contributed by atoms with Gasteiger partial charge < -0.3 is 20.5 Å². The van der Waals surface area contributed by atoms with Gasteiger partial charge in [-0.1, -0.05) is 54.6 Å². The first-order chi connectivity index (χ1) is 17.1. The molecule has 3 aromatic rings. The number of hydrogen-bond donors (Lipinski definition) is 3. The first kappa shape index (κ1) is 26.9. The van der Waals surface area contributed by atoms with Crippen LogP contribution in [0.5, 0.6) is 0 Å². The van der Waals surface area contributed by atoms with Crippen LogP contribution in [-0.4, -0.2) is 56.2 Å². The molecule has 0 saturated heterocycles. The number of amides is 1. The monoisotopic (exact) mass is 511 g/mol. The second-order valence-corrected chi connectivity index (χ2v) is 11.9. The molecule has 0 spiro atoms. The number of benzene rings is 3. The van der Waals surface area contributed by atoms with E-state index in [0.29, 0.717) is 6.61 Å². The lowest BCUT2D eigenvalue weighted by Gasteiger charge is -2.27. The van der Waals surface area contributed by atoms with Crippen molar-refractivity contribution in [2.75, 3.05) is 38.3 Å². The van der Waals surface area contributed by atoms with Gasteiger partial charge in [0.05, 0.1) is 25.4 Å². The van der Waals surface area contributed by atoms with Gasteiger partial charge in [-0.25, -0.2) is 0 Å². The van der Waals surface area contributed by atoms with Crippen molar-refractivity contribution in [2.45, 2.75) is 6.04 Å². The highest BCUT2D eigenvalue weighted by Crippen LogP contribution is 2.54. The van der Waals surface area contributed by atoms with E-state index in [1.165, 1.54) is 15.9 Å². The van der Waals surface area contributed by atoms with Gasteiger partial charge in [-0.05, 0) is 36.4 Å². The summed E-state index contributed by atoms with van der Waals surface area (Å²) in [6.45, 7) is 0.664. The fourth-order valence-corrected chi connectivity index (χ4v) is 8.11. The van der Waals surface area contributed by atoms with Gasteiger partial charge in [0.1, 0.15) is 36.3 Å². The summed E-state index contributed by atoms with van der Waals surface area (Å²) in [6.07, 6.45) is 0.816. The van der Waals surface area contributed by atoms with Crippen LogP contribution in [-0.2, 0) is 19.1 Å². The fraction of sp³-hybridized carbons (Fsp3) is 0.259. The molecule has 6 nitrogen and oxygen atoms in total. The molecule has 0 aliphatic heterocycles. The Kier molecular flexibility index (Phi) is 10.8. The lowest BCUT2D eigenvalue weighted by Crippen LogP contribution is -2.44. The Bertz CT molecular complexity index is 958. The molecule has 1 amide bonds. The fourth-order valence-electron chi connectivity index (χ4n) is 3.82. The predicted octanol–water partition coefficient (Wildman–Crippen LogP) is 1.91. The van der Waals surface area contributed by atoms with Crippen molar-refractivity contribution < 1.29 is 19.1 Å². The Balaban J connectivity index is 1.63. The molecule has 35 heavy (non-hydrogen) atoms. The van der Waals surface area contributed by atoms with Crippen LogP contribution in [0.15, 0.2) is 91.0 Å². The molecule has 0 aromatic heterocycles. The van der Waals surface area contributed by atoms with E-state index in [0.717, 1.165) is 6.16 Å². The highest BCUT2D eigenvalue weighted by Gasteiger charge is 2.44. The third-order valence-electron chi connectivity index (χ3n) is 5.59. The lowest BCUT2D eigenvalue weighted by molar-refractivity contribution is -0.145. The van der Waals surface area contributed by atoms with E-state index in [-0.39, 0.29) is 25.5 Å². The van der Waals surface area contributed by atoms with E-state index in [1.54, 1.807) is 0 Å². The number of carbonyl (C=O) groups is 2.